The molecule has 22 heavy (non-hydrogen) atoms. The van der Waals surface area contributed by atoms with Crippen LogP contribution in [0, 0.1) is 0 Å². The minimum Gasteiger partial charge on any atom is -0.389 e. The summed E-state index contributed by atoms with van der Waals surface area (Å²) >= 11 is 0. The molecule has 3 rings (SSSR count). The summed E-state index contributed by atoms with van der Waals surface area (Å²) in [5.41, 5.74) is 1.21. The lowest BCUT2D eigenvalue weighted by atomic mass is 9.97. The van der Waals surface area contributed by atoms with Crippen LogP contribution in [-0.4, -0.2) is 38.1 Å². The van der Waals surface area contributed by atoms with Crippen molar-refractivity contribution in [1.82, 2.24) is 14.5 Å². The van der Waals surface area contributed by atoms with E-state index in [2.05, 4.69) is 4.98 Å². The number of para-hydroxylation sites is 2. The number of benzene rings is 1. The first-order valence-electron chi connectivity index (χ1n) is 7.85. The summed E-state index contributed by atoms with van der Waals surface area (Å²) in [7, 11) is 3.74. The molecule has 1 amide bonds. The standard InChI is InChI=1S/C17H23N3O2/c1-19(16(21)11-17(22)9-5-6-10-17)12-15-18-13-7-3-4-8-14(13)20(15)2/h3-4,7-8,22H,5-6,9-12H2,1-2H3. The van der Waals surface area contributed by atoms with Crippen LogP contribution in [0.1, 0.15) is 37.9 Å². The van der Waals surface area contributed by atoms with E-state index in [1.54, 1.807) is 11.9 Å². The number of aromatic nitrogens is 2. The Labute approximate surface area is 130 Å². The third-order valence-corrected chi connectivity index (χ3v) is 4.70. The largest absolute Gasteiger partial charge is 0.389 e. The number of nitrogens with zero attached hydrogens (tertiary/aromatic N) is 3. The minimum absolute atomic E-state index is 0.0172. The molecule has 0 spiro atoms. The highest BCUT2D eigenvalue weighted by Crippen LogP contribution is 2.32. The normalized spacial score (nSPS) is 17.0. The van der Waals surface area contributed by atoms with Crippen LogP contribution in [0.25, 0.3) is 11.0 Å². The third-order valence-electron chi connectivity index (χ3n) is 4.70. The molecule has 1 aromatic heterocycles. The van der Waals surface area contributed by atoms with Gasteiger partial charge in [0, 0.05) is 14.1 Å². The first kappa shape index (κ1) is 15.0. The average Bonchev–Trinajstić information content (AvgIpc) is 3.04. The fourth-order valence-electron chi connectivity index (χ4n) is 3.26. The molecule has 1 aliphatic carbocycles. The Kier molecular flexibility index (Phi) is 3.91. The van der Waals surface area contributed by atoms with Crippen LogP contribution in [0.3, 0.4) is 0 Å². The molecule has 2 aromatic rings. The second kappa shape index (κ2) is 5.72. The van der Waals surface area contributed by atoms with E-state index in [0.29, 0.717) is 6.54 Å². The second-order valence-electron chi connectivity index (χ2n) is 6.43. The van der Waals surface area contributed by atoms with Gasteiger partial charge in [-0.05, 0) is 25.0 Å². The Morgan fingerprint density at radius 1 is 1.36 bits per heavy atom. The molecule has 0 aliphatic heterocycles. The van der Waals surface area contributed by atoms with Gasteiger partial charge in [0.25, 0.3) is 0 Å². The van der Waals surface area contributed by atoms with Gasteiger partial charge < -0.3 is 14.6 Å². The summed E-state index contributed by atoms with van der Waals surface area (Å²) < 4.78 is 2.02. The lowest BCUT2D eigenvalue weighted by molar-refractivity contribution is -0.135. The molecular formula is C17H23N3O2. The Bertz CT molecular complexity index is 686. The molecule has 1 saturated carbocycles. The van der Waals surface area contributed by atoms with Gasteiger partial charge in [-0.1, -0.05) is 25.0 Å². The smallest absolute Gasteiger partial charge is 0.225 e. The molecule has 5 heteroatoms. The van der Waals surface area contributed by atoms with E-state index in [0.717, 1.165) is 42.5 Å². The highest BCUT2D eigenvalue weighted by Gasteiger charge is 2.34. The summed E-state index contributed by atoms with van der Waals surface area (Å²) in [6.45, 7) is 0.458. The predicted molar refractivity (Wildman–Crippen MR) is 85.2 cm³/mol. The summed E-state index contributed by atoms with van der Waals surface area (Å²) in [6.07, 6.45) is 3.71. The molecule has 0 unspecified atom stereocenters. The molecule has 0 bridgehead atoms. The lowest BCUT2D eigenvalue weighted by Crippen LogP contribution is -2.36. The van der Waals surface area contributed by atoms with Crippen molar-refractivity contribution >= 4 is 16.9 Å². The van der Waals surface area contributed by atoms with Crippen molar-refractivity contribution in [3.63, 3.8) is 0 Å². The maximum absolute atomic E-state index is 12.4. The highest BCUT2D eigenvalue weighted by atomic mass is 16.3. The van der Waals surface area contributed by atoms with Gasteiger partial charge in [-0.25, -0.2) is 4.98 Å². The molecule has 1 aliphatic rings. The number of aryl methyl sites for hydroxylation is 1. The van der Waals surface area contributed by atoms with Crippen molar-refractivity contribution in [2.24, 2.45) is 7.05 Å². The predicted octanol–water partition coefficient (Wildman–Crippen LogP) is 2.23. The monoisotopic (exact) mass is 301 g/mol. The number of carbonyl (C=O) groups is 1. The lowest BCUT2D eigenvalue weighted by Gasteiger charge is -2.25. The topological polar surface area (TPSA) is 58.4 Å². The first-order chi connectivity index (χ1) is 10.5. The quantitative estimate of drug-likeness (QED) is 0.942. The molecule has 118 valence electrons. The van der Waals surface area contributed by atoms with Crippen LogP contribution < -0.4 is 0 Å². The Morgan fingerprint density at radius 2 is 2.05 bits per heavy atom. The van der Waals surface area contributed by atoms with Crippen LogP contribution in [0.15, 0.2) is 24.3 Å². The number of amides is 1. The van der Waals surface area contributed by atoms with E-state index < -0.39 is 5.60 Å². The SMILES string of the molecule is CN(Cc1nc2ccccc2n1C)C(=O)CC1(O)CCCC1. The van der Waals surface area contributed by atoms with Crippen molar-refractivity contribution in [1.29, 1.82) is 0 Å². The number of rotatable bonds is 4. The number of fused-ring (bicyclic) bond motifs is 1. The Hall–Kier alpha value is -1.88. The van der Waals surface area contributed by atoms with E-state index in [1.165, 1.54) is 0 Å². The molecule has 0 saturated heterocycles. The molecule has 5 nitrogen and oxygen atoms in total. The highest BCUT2D eigenvalue weighted by molar-refractivity contribution is 5.78. The second-order valence-corrected chi connectivity index (χ2v) is 6.43. The number of aliphatic hydroxyl groups is 1. The summed E-state index contributed by atoms with van der Waals surface area (Å²) in [5, 5.41) is 10.4. The molecule has 1 heterocycles. The number of carbonyl (C=O) groups excluding carboxylic acids is 1. The van der Waals surface area contributed by atoms with Crippen molar-refractivity contribution in [3.05, 3.63) is 30.1 Å². The van der Waals surface area contributed by atoms with Crippen molar-refractivity contribution in [2.45, 2.75) is 44.2 Å². The maximum atomic E-state index is 12.4. The first-order valence-corrected chi connectivity index (χ1v) is 7.85. The third kappa shape index (κ3) is 2.86. The number of imidazole rings is 1. The minimum atomic E-state index is -0.794. The van der Waals surface area contributed by atoms with E-state index in [9.17, 15) is 9.90 Å². The number of hydrogen-bond acceptors (Lipinski definition) is 3. The molecule has 1 N–H and O–H groups in total. The Morgan fingerprint density at radius 3 is 2.73 bits per heavy atom. The van der Waals surface area contributed by atoms with Gasteiger partial charge in [-0.2, -0.15) is 0 Å². The van der Waals surface area contributed by atoms with Gasteiger partial charge in [-0.15, -0.1) is 0 Å². The van der Waals surface area contributed by atoms with E-state index >= 15 is 0 Å². The summed E-state index contributed by atoms with van der Waals surface area (Å²) in [4.78, 5) is 18.6. The molecular weight excluding hydrogens is 278 g/mol. The van der Waals surface area contributed by atoms with Gasteiger partial charge in [0.05, 0.1) is 29.6 Å². The van der Waals surface area contributed by atoms with Gasteiger partial charge in [0.1, 0.15) is 5.82 Å². The van der Waals surface area contributed by atoms with Crippen LogP contribution >= 0.6 is 0 Å². The van der Waals surface area contributed by atoms with E-state index in [1.807, 2.05) is 35.9 Å². The molecule has 1 aromatic carbocycles. The van der Waals surface area contributed by atoms with Crippen molar-refractivity contribution < 1.29 is 9.90 Å². The zero-order chi connectivity index (χ0) is 15.7. The van der Waals surface area contributed by atoms with Crippen molar-refractivity contribution in [3.8, 4) is 0 Å². The van der Waals surface area contributed by atoms with E-state index in [-0.39, 0.29) is 12.3 Å². The molecule has 1 fully saturated rings. The fraction of sp³-hybridized carbons (Fsp3) is 0.529. The van der Waals surface area contributed by atoms with Crippen LogP contribution in [0.4, 0.5) is 0 Å². The van der Waals surface area contributed by atoms with E-state index in [4.69, 9.17) is 0 Å². The zero-order valence-corrected chi connectivity index (χ0v) is 13.2. The molecule has 0 atom stereocenters. The summed E-state index contributed by atoms with van der Waals surface area (Å²) in [6, 6.07) is 7.94. The van der Waals surface area contributed by atoms with Gasteiger partial charge in [0.2, 0.25) is 5.91 Å². The zero-order valence-electron chi connectivity index (χ0n) is 13.2. The van der Waals surface area contributed by atoms with Crippen molar-refractivity contribution in [2.75, 3.05) is 7.05 Å². The average molecular weight is 301 g/mol. The fourth-order valence-corrected chi connectivity index (χ4v) is 3.26. The van der Waals surface area contributed by atoms with Crippen LogP contribution in [-0.2, 0) is 18.4 Å². The van der Waals surface area contributed by atoms with Gasteiger partial charge in [0.15, 0.2) is 0 Å². The van der Waals surface area contributed by atoms with Crippen LogP contribution in [0.5, 0.6) is 0 Å². The van der Waals surface area contributed by atoms with Gasteiger partial charge in [-0.3, -0.25) is 4.79 Å². The molecule has 0 radical (unpaired) electrons. The maximum Gasteiger partial charge on any atom is 0.225 e. The van der Waals surface area contributed by atoms with Gasteiger partial charge >= 0.3 is 0 Å². The Balaban J connectivity index is 1.71. The summed E-state index contributed by atoms with van der Waals surface area (Å²) in [5.74, 6) is 0.840. The van der Waals surface area contributed by atoms with Crippen LogP contribution in [0.2, 0.25) is 0 Å². The number of hydrogen-bond donors (Lipinski definition) is 1.